The van der Waals surface area contributed by atoms with E-state index in [1.54, 1.807) is 7.11 Å². The number of aliphatic imine (C=N–C) groups is 1. The molecular weight excluding hydrogens is 544 g/mol. The van der Waals surface area contributed by atoms with Gasteiger partial charge in [-0.3, -0.25) is 9.98 Å². The molecule has 0 radical (unpaired) electrons. The predicted octanol–water partition coefficient (Wildman–Crippen LogP) is 9.06. The van der Waals surface area contributed by atoms with Gasteiger partial charge in [0.15, 0.2) is 0 Å². The van der Waals surface area contributed by atoms with Gasteiger partial charge in [0.1, 0.15) is 11.5 Å². The molecule has 3 N–H and O–H groups in total. The fourth-order valence-corrected chi connectivity index (χ4v) is 6.52. The van der Waals surface area contributed by atoms with Crippen molar-refractivity contribution in [3.8, 4) is 11.5 Å². The topological polar surface area (TPSA) is 82.5 Å². The molecule has 0 saturated carbocycles. The van der Waals surface area contributed by atoms with Crippen LogP contribution < -0.4 is 10.1 Å². The summed E-state index contributed by atoms with van der Waals surface area (Å²) in [6, 6.07) is 16.7. The lowest BCUT2D eigenvalue weighted by Crippen LogP contribution is -2.12. The SMILES string of the molecule is COc1ccc2c(c1)[nH]c1c(CC=C(C)C)c(O)c(C(C)=NCCCCCNc3c4c(nc5ccccc35)CCCC4)cc12. The second-order valence-electron chi connectivity index (χ2n) is 12.3. The Morgan fingerprint density at radius 1 is 1.00 bits per heavy atom. The van der Waals surface area contributed by atoms with E-state index in [4.69, 9.17) is 14.7 Å². The Balaban J connectivity index is 1.14. The molecule has 2 aromatic heterocycles. The Morgan fingerprint density at radius 2 is 1.84 bits per heavy atom. The van der Waals surface area contributed by atoms with Crippen LogP contribution in [0.25, 0.3) is 32.7 Å². The highest BCUT2D eigenvalue weighted by Crippen LogP contribution is 2.38. The molecule has 6 heteroatoms. The number of anilines is 1. The number of hydrogen-bond donors (Lipinski definition) is 3. The Hall–Kier alpha value is -4.32. The van der Waals surface area contributed by atoms with Crippen LogP contribution in [-0.2, 0) is 19.3 Å². The summed E-state index contributed by atoms with van der Waals surface area (Å²) in [5.74, 6) is 1.12. The number of hydrogen-bond acceptors (Lipinski definition) is 5. The van der Waals surface area contributed by atoms with Crippen LogP contribution in [0.15, 0.2) is 65.2 Å². The Bertz CT molecular complexity index is 1880. The summed E-state index contributed by atoms with van der Waals surface area (Å²) in [5.41, 5.74) is 10.9. The molecule has 3 aromatic carbocycles. The van der Waals surface area contributed by atoms with Crippen LogP contribution in [0.4, 0.5) is 5.69 Å². The number of aromatic hydroxyl groups is 1. The van der Waals surface area contributed by atoms with Crippen LogP contribution in [0.5, 0.6) is 11.5 Å². The molecule has 5 aromatic rings. The van der Waals surface area contributed by atoms with Crippen LogP contribution in [0.2, 0.25) is 0 Å². The van der Waals surface area contributed by atoms with Gasteiger partial charge in [-0.1, -0.05) is 29.8 Å². The molecule has 0 amide bonds. The van der Waals surface area contributed by atoms with Gasteiger partial charge in [-0.2, -0.15) is 0 Å². The maximum Gasteiger partial charge on any atom is 0.130 e. The average Bonchev–Trinajstić information content (AvgIpc) is 3.40. The predicted molar refractivity (Wildman–Crippen MR) is 185 cm³/mol. The second kappa shape index (κ2) is 13.1. The van der Waals surface area contributed by atoms with E-state index < -0.39 is 0 Å². The zero-order valence-corrected chi connectivity index (χ0v) is 26.5. The van der Waals surface area contributed by atoms with E-state index >= 15 is 0 Å². The van der Waals surface area contributed by atoms with E-state index in [9.17, 15) is 5.11 Å². The minimum Gasteiger partial charge on any atom is -0.507 e. The molecule has 0 atom stereocenters. The van der Waals surface area contributed by atoms with Crippen molar-refractivity contribution in [3.05, 3.63) is 82.6 Å². The summed E-state index contributed by atoms with van der Waals surface area (Å²) in [5, 5.41) is 18.7. The molecule has 0 bridgehead atoms. The van der Waals surface area contributed by atoms with E-state index in [1.165, 1.54) is 40.7 Å². The lowest BCUT2D eigenvalue weighted by Gasteiger charge is -2.21. The number of allylic oxidation sites excluding steroid dienone is 2. The Labute approximate surface area is 260 Å². The van der Waals surface area contributed by atoms with Crippen molar-refractivity contribution in [1.82, 2.24) is 9.97 Å². The fourth-order valence-electron chi connectivity index (χ4n) is 6.52. The maximum absolute atomic E-state index is 11.5. The van der Waals surface area contributed by atoms with Gasteiger partial charge in [-0.05, 0) is 102 Å². The maximum atomic E-state index is 11.5. The van der Waals surface area contributed by atoms with Crippen LogP contribution >= 0.6 is 0 Å². The molecule has 0 aliphatic heterocycles. The third-order valence-corrected chi connectivity index (χ3v) is 8.94. The van der Waals surface area contributed by atoms with Gasteiger partial charge in [-0.25, -0.2) is 0 Å². The highest BCUT2D eigenvalue weighted by molar-refractivity contribution is 6.13. The summed E-state index contributed by atoms with van der Waals surface area (Å²) in [6.07, 6.45) is 10.7. The van der Waals surface area contributed by atoms with Crippen molar-refractivity contribution >= 4 is 44.1 Å². The van der Waals surface area contributed by atoms with Crippen molar-refractivity contribution in [1.29, 1.82) is 0 Å². The zero-order valence-electron chi connectivity index (χ0n) is 26.5. The summed E-state index contributed by atoms with van der Waals surface area (Å²) in [4.78, 5) is 13.4. The first kappa shape index (κ1) is 29.7. The molecule has 0 unspecified atom stereocenters. The van der Waals surface area contributed by atoms with Crippen molar-refractivity contribution < 1.29 is 9.84 Å². The number of phenolic OH excluding ortho intramolecular Hbond substituents is 1. The molecule has 6 nitrogen and oxygen atoms in total. The summed E-state index contributed by atoms with van der Waals surface area (Å²) in [6.45, 7) is 7.88. The number of nitrogens with one attached hydrogen (secondary N) is 2. The number of fused-ring (bicyclic) bond motifs is 5. The number of para-hydroxylation sites is 1. The van der Waals surface area contributed by atoms with Crippen LogP contribution in [0, 0.1) is 0 Å². The quantitative estimate of drug-likeness (QED) is 0.0817. The van der Waals surface area contributed by atoms with Crippen molar-refractivity contribution in [2.75, 3.05) is 25.5 Å². The first-order chi connectivity index (χ1) is 21.4. The molecule has 6 rings (SSSR count). The second-order valence-corrected chi connectivity index (χ2v) is 12.3. The van der Waals surface area contributed by atoms with Crippen LogP contribution in [0.1, 0.15) is 75.3 Å². The first-order valence-corrected chi connectivity index (χ1v) is 16.1. The number of pyridine rings is 1. The average molecular weight is 589 g/mol. The monoisotopic (exact) mass is 588 g/mol. The van der Waals surface area contributed by atoms with Gasteiger partial charge >= 0.3 is 0 Å². The summed E-state index contributed by atoms with van der Waals surface area (Å²) < 4.78 is 5.45. The van der Waals surface area contributed by atoms with Gasteiger partial charge < -0.3 is 20.1 Å². The summed E-state index contributed by atoms with van der Waals surface area (Å²) >= 11 is 0. The number of methoxy groups -OCH3 is 1. The van der Waals surface area contributed by atoms with Crippen LogP contribution in [0.3, 0.4) is 0 Å². The van der Waals surface area contributed by atoms with Gasteiger partial charge in [0.2, 0.25) is 0 Å². The van der Waals surface area contributed by atoms with Gasteiger partial charge in [0.25, 0.3) is 0 Å². The summed E-state index contributed by atoms with van der Waals surface area (Å²) in [7, 11) is 1.68. The Morgan fingerprint density at radius 3 is 2.68 bits per heavy atom. The number of rotatable bonds is 11. The number of unbranched alkanes of at least 4 members (excludes halogenated alkanes) is 2. The number of H-pyrrole nitrogens is 1. The zero-order chi connectivity index (χ0) is 30.6. The molecular formula is C38H44N4O2. The Kier molecular flexibility index (Phi) is 8.87. The molecule has 0 fully saturated rings. The van der Waals surface area contributed by atoms with E-state index in [0.29, 0.717) is 12.2 Å². The third-order valence-electron chi connectivity index (χ3n) is 8.94. The fraction of sp³-hybridized carbons (Fsp3) is 0.368. The number of nitrogens with zero attached hydrogens (tertiary/aromatic N) is 2. The number of ether oxygens (including phenoxy) is 1. The van der Waals surface area contributed by atoms with E-state index in [1.807, 2.05) is 19.1 Å². The molecule has 1 aliphatic rings. The molecule has 228 valence electrons. The smallest absolute Gasteiger partial charge is 0.130 e. The van der Waals surface area contributed by atoms with Crippen molar-refractivity contribution in [2.45, 2.75) is 72.1 Å². The molecule has 0 spiro atoms. The number of phenols is 1. The lowest BCUT2D eigenvalue weighted by molar-refractivity contribution is 0.415. The third kappa shape index (κ3) is 6.03. The van der Waals surface area contributed by atoms with E-state index in [-0.39, 0.29) is 0 Å². The number of aryl methyl sites for hydroxylation is 1. The standard InChI is InChI=1S/C38H44N4O2/c1-24(2)16-18-30-37-32(27-19-17-26(44-4)22-35(27)42-37)23-31(38(30)43)25(3)39-20-10-5-11-21-40-36-28-12-6-8-14-33(28)41-34-15-9-7-13-29(34)36/h6,8,12,14,16-17,19,22-23,42-43H,5,7,9-11,13,15,18,20-21H2,1-4H3,(H,40,41). The number of aromatic amines is 1. The largest absolute Gasteiger partial charge is 0.507 e. The molecule has 1 aliphatic carbocycles. The van der Waals surface area contributed by atoms with E-state index in [2.05, 4.69) is 66.6 Å². The lowest BCUT2D eigenvalue weighted by atomic mass is 9.92. The van der Waals surface area contributed by atoms with E-state index in [0.717, 1.165) is 95.1 Å². The highest BCUT2D eigenvalue weighted by atomic mass is 16.5. The number of benzene rings is 3. The highest BCUT2D eigenvalue weighted by Gasteiger charge is 2.19. The first-order valence-electron chi connectivity index (χ1n) is 16.1. The van der Waals surface area contributed by atoms with Crippen molar-refractivity contribution in [2.24, 2.45) is 4.99 Å². The van der Waals surface area contributed by atoms with Gasteiger partial charge in [-0.15, -0.1) is 0 Å². The van der Waals surface area contributed by atoms with Gasteiger partial charge in [0.05, 0.1) is 23.7 Å². The van der Waals surface area contributed by atoms with Crippen LogP contribution in [-0.4, -0.2) is 41.0 Å². The van der Waals surface area contributed by atoms with Crippen molar-refractivity contribution in [3.63, 3.8) is 0 Å². The molecule has 2 heterocycles. The minimum atomic E-state index is 0.312. The normalized spacial score (nSPS) is 13.4. The number of aromatic nitrogens is 2. The minimum absolute atomic E-state index is 0.312. The molecule has 44 heavy (non-hydrogen) atoms. The molecule has 0 saturated heterocycles. The van der Waals surface area contributed by atoms with Gasteiger partial charge in [0, 0.05) is 63.5 Å².